The van der Waals surface area contributed by atoms with Crippen LogP contribution in [0.4, 0.5) is 0 Å². The van der Waals surface area contributed by atoms with Gasteiger partial charge in [-0.1, -0.05) is 19.1 Å². The molecule has 0 saturated carbocycles. The lowest BCUT2D eigenvalue weighted by atomic mass is 10.1. The number of ether oxygens (including phenoxy) is 1. The Morgan fingerprint density at radius 1 is 1.32 bits per heavy atom. The van der Waals surface area contributed by atoms with E-state index in [1.807, 2.05) is 24.3 Å². The van der Waals surface area contributed by atoms with Crippen LogP contribution in [0.3, 0.4) is 0 Å². The minimum atomic E-state index is -0.342. The number of hydrogen-bond acceptors (Lipinski definition) is 3. The number of carbonyl (C=O) groups excluding carboxylic acids is 1. The molecule has 4 nitrogen and oxygen atoms in total. The topological polar surface area (TPSA) is 64.3 Å². The summed E-state index contributed by atoms with van der Waals surface area (Å²) in [5.41, 5.74) is 6.48. The molecule has 1 aromatic rings. The Morgan fingerprint density at radius 3 is 2.37 bits per heavy atom. The van der Waals surface area contributed by atoms with Crippen LogP contribution in [0.1, 0.15) is 33.3 Å². The number of benzene rings is 1. The van der Waals surface area contributed by atoms with Crippen LogP contribution < -0.4 is 15.8 Å². The lowest BCUT2D eigenvalue weighted by Crippen LogP contribution is -2.35. The molecule has 0 aromatic heterocycles. The Morgan fingerprint density at radius 2 is 1.89 bits per heavy atom. The van der Waals surface area contributed by atoms with Gasteiger partial charge in [-0.05, 0) is 38.5 Å². The van der Waals surface area contributed by atoms with Crippen molar-refractivity contribution in [1.29, 1.82) is 0 Å². The number of hydrogen-bond donors (Lipinski definition) is 2. The Labute approximate surface area is 115 Å². The highest BCUT2D eigenvalue weighted by Crippen LogP contribution is 2.14. The van der Waals surface area contributed by atoms with Gasteiger partial charge in [0.05, 0.1) is 12.5 Å². The molecule has 1 atom stereocenters. The van der Waals surface area contributed by atoms with Gasteiger partial charge in [-0.25, -0.2) is 0 Å². The molecule has 0 spiro atoms. The van der Waals surface area contributed by atoms with Gasteiger partial charge in [-0.2, -0.15) is 0 Å². The maximum atomic E-state index is 10.9. The Hall–Kier alpha value is -1.55. The van der Waals surface area contributed by atoms with Gasteiger partial charge in [-0.3, -0.25) is 4.79 Å². The molecule has 1 unspecified atom stereocenters. The molecule has 106 valence electrons. The summed E-state index contributed by atoms with van der Waals surface area (Å²) < 4.78 is 5.51. The van der Waals surface area contributed by atoms with Crippen molar-refractivity contribution in [1.82, 2.24) is 5.32 Å². The fraction of sp³-hybridized carbons (Fsp3) is 0.533. The quantitative estimate of drug-likeness (QED) is 0.826. The predicted octanol–water partition coefficient (Wildman–Crippen LogP) is 2.07. The van der Waals surface area contributed by atoms with Gasteiger partial charge in [0, 0.05) is 12.1 Å². The first-order valence-electron chi connectivity index (χ1n) is 6.54. The average molecular weight is 264 g/mol. The number of carbonyl (C=O) groups is 1. The number of amides is 1. The van der Waals surface area contributed by atoms with Crippen molar-refractivity contribution in [3.63, 3.8) is 0 Å². The Balaban J connectivity index is 2.45. The normalized spacial score (nSPS) is 13.1. The van der Waals surface area contributed by atoms with Crippen LogP contribution >= 0.6 is 0 Å². The van der Waals surface area contributed by atoms with Gasteiger partial charge in [0.1, 0.15) is 5.75 Å². The molecule has 3 N–H and O–H groups in total. The van der Waals surface area contributed by atoms with Gasteiger partial charge in [0.15, 0.2) is 0 Å². The van der Waals surface area contributed by atoms with Crippen molar-refractivity contribution in [2.75, 3.05) is 6.61 Å². The minimum Gasteiger partial charge on any atom is -0.493 e. The molecule has 0 saturated heterocycles. The molecule has 0 aliphatic rings. The summed E-state index contributed by atoms with van der Waals surface area (Å²) in [5, 5.41) is 3.42. The maximum Gasteiger partial charge on any atom is 0.223 e. The van der Waals surface area contributed by atoms with E-state index in [1.165, 1.54) is 5.56 Å². The highest BCUT2D eigenvalue weighted by Gasteiger charge is 2.10. The van der Waals surface area contributed by atoms with Crippen molar-refractivity contribution in [2.45, 2.75) is 39.8 Å². The van der Waals surface area contributed by atoms with Crippen molar-refractivity contribution in [3.8, 4) is 5.75 Å². The summed E-state index contributed by atoms with van der Waals surface area (Å²) in [6.45, 7) is 9.29. The first-order valence-corrected chi connectivity index (χ1v) is 6.54. The summed E-state index contributed by atoms with van der Waals surface area (Å²) >= 11 is 0. The lowest BCUT2D eigenvalue weighted by molar-refractivity contribution is -0.122. The van der Waals surface area contributed by atoms with Crippen LogP contribution in [0.25, 0.3) is 0 Å². The first kappa shape index (κ1) is 15.5. The summed E-state index contributed by atoms with van der Waals surface area (Å²) in [6.07, 6.45) is 0. The molecule has 0 radical (unpaired) electrons. The van der Waals surface area contributed by atoms with E-state index >= 15 is 0 Å². The summed E-state index contributed by atoms with van der Waals surface area (Å²) in [4.78, 5) is 10.9. The van der Waals surface area contributed by atoms with E-state index in [0.717, 1.165) is 12.3 Å². The lowest BCUT2D eigenvalue weighted by Gasteiger charge is -2.20. The van der Waals surface area contributed by atoms with Crippen molar-refractivity contribution < 1.29 is 9.53 Å². The van der Waals surface area contributed by atoms with Gasteiger partial charge < -0.3 is 15.8 Å². The third-order valence-corrected chi connectivity index (χ3v) is 2.73. The van der Waals surface area contributed by atoms with E-state index in [4.69, 9.17) is 10.5 Å². The van der Waals surface area contributed by atoms with Crippen LogP contribution in [-0.4, -0.2) is 18.1 Å². The third kappa shape index (κ3) is 6.25. The smallest absolute Gasteiger partial charge is 0.223 e. The van der Waals surface area contributed by atoms with Crippen LogP contribution in [0, 0.1) is 5.92 Å². The molecular formula is C15H24N2O2. The molecule has 0 fully saturated rings. The maximum absolute atomic E-state index is 10.9. The second kappa shape index (κ2) is 6.57. The molecule has 1 rings (SSSR count). The Kier molecular flexibility index (Phi) is 5.36. The molecule has 0 heterocycles. The van der Waals surface area contributed by atoms with Gasteiger partial charge in [-0.15, -0.1) is 0 Å². The number of primary amides is 1. The predicted molar refractivity (Wildman–Crippen MR) is 76.9 cm³/mol. The number of nitrogens with two attached hydrogens (primary N) is 1. The van der Waals surface area contributed by atoms with E-state index in [9.17, 15) is 4.79 Å². The summed E-state index contributed by atoms with van der Waals surface area (Å²) in [7, 11) is 0. The van der Waals surface area contributed by atoms with Crippen LogP contribution in [0.15, 0.2) is 24.3 Å². The second-order valence-corrected chi connectivity index (χ2v) is 5.86. The van der Waals surface area contributed by atoms with Crippen molar-refractivity contribution in [3.05, 3.63) is 29.8 Å². The third-order valence-electron chi connectivity index (χ3n) is 2.73. The fourth-order valence-electron chi connectivity index (χ4n) is 1.37. The van der Waals surface area contributed by atoms with Crippen LogP contribution in [0.2, 0.25) is 0 Å². The SMILES string of the molecule is CC(COc1ccc(CNC(C)(C)C)cc1)C(N)=O. The van der Waals surface area contributed by atoms with Gasteiger partial charge in [0.2, 0.25) is 5.91 Å². The van der Waals surface area contributed by atoms with Gasteiger partial charge in [0.25, 0.3) is 0 Å². The molecule has 1 amide bonds. The zero-order valence-corrected chi connectivity index (χ0v) is 12.2. The zero-order valence-electron chi connectivity index (χ0n) is 12.2. The monoisotopic (exact) mass is 264 g/mol. The van der Waals surface area contributed by atoms with Crippen LogP contribution in [-0.2, 0) is 11.3 Å². The van der Waals surface area contributed by atoms with Crippen molar-refractivity contribution >= 4 is 5.91 Å². The standard InChI is InChI=1S/C15H24N2O2/c1-11(14(16)18)10-19-13-7-5-12(6-8-13)9-17-15(2,3)4/h5-8,11,17H,9-10H2,1-4H3,(H2,16,18). The highest BCUT2D eigenvalue weighted by atomic mass is 16.5. The Bertz CT molecular complexity index is 407. The van der Waals surface area contributed by atoms with E-state index in [0.29, 0.717) is 6.61 Å². The van der Waals surface area contributed by atoms with Crippen molar-refractivity contribution in [2.24, 2.45) is 11.7 Å². The molecule has 19 heavy (non-hydrogen) atoms. The van der Waals surface area contributed by atoms with E-state index in [-0.39, 0.29) is 17.4 Å². The van der Waals surface area contributed by atoms with Gasteiger partial charge >= 0.3 is 0 Å². The number of rotatable bonds is 6. The molecule has 0 aliphatic carbocycles. The molecule has 0 bridgehead atoms. The molecular weight excluding hydrogens is 240 g/mol. The van der Waals surface area contributed by atoms with Crippen LogP contribution in [0.5, 0.6) is 5.75 Å². The van der Waals surface area contributed by atoms with E-state index in [1.54, 1.807) is 6.92 Å². The fourth-order valence-corrected chi connectivity index (χ4v) is 1.37. The van der Waals surface area contributed by atoms with E-state index < -0.39 is 0 Å². The average Bonchev–Trinajstić information content (AvgIpc) is 2.33. The number of nitrogens with one attached hydrogen (secondary N) is 1. The zero-order chi connectivity index (χ0) is 14.5. The summed E-state index contributed by atoms with van der Waals surface area (Å²) in [6, 6.07) is 7.85. The first-order chi connectivity index (χ1) is 8.78. The highest BCUT2D eigenvalue weighted by molar-refractivity contribution is 5.76. The molecule has 1 aromatic carbocycles. The van der Waals surface area contributed by atoms with E-state index in [2.05, 4.69) is 26.1 Å². The minimum absolute atomic E-state index is 0.103. The molecule has 0 aliphatic heterocycles. The summed E-state index contributed by atoms with van der Waals surface area (Å²) in [5.74, 6) is 0.140. The molecule has 4 heteroatoms. The largest absolute Gasteiger partial charge is 0.493 e. The second-order valence-electron chi connectivity index (χ2n) is 5.86.